The van der Waals surface area contributed by atoms with E-state index in [0.717, 1.165) is 38.8 Å². The molecular weight excluding hydrogens is 867 g/mol. The highest BCUT2D eigenvalue weighted by Gasteiger charge is 2.32. The van der Waals surface area contributed by atoms with Crippen molar-refractivity contribution in [1.82, 2.24) is 39.9 Å². The normalized spacial score (nSPS) is 13.4. The summed E-state index contributed by atoms with van der Waals surface area (Å²) in [5.74, 6) is 1.22. The van der Waals surface area contributed by atoms with Crippen LogP contribution in [-0.4, -0.2) is 98.6 Å². The third-order valence-corrected chi connectivity index (χ3v) is 12.8. The first-order chi connectivity index (χ1) is 28.9. The van der Waals surface area contributed by atoms with E-state index in [1.807, 2.05) is 48.9 Å². The van der Waals surface area contributed by atoms with Crippen LogP contribution in [0.25, 0.3) is 15.6 Å². The molecular formula is C41H41Cl3N10O4S2. The van der Waals surface area contributed by atoms with Crippen molar-refractivity contribution < 1.29 is 19.1 Å². The van der Waals surface area contributed by atoms with Crippen LogP contribution >= 0.6 is 57.5 Å². The number of thiazole rings is 1. The van der Waals surface area contributed by atoms with E-state index < -0.39 is 6.04 Å². The second-order valence-electron chi connectivity index (χ2n) is 14.0. The van der Waals surface area contributed by atoms with Crippen molar-refractivity contribution >= 4 is 80.8 Å². The molecule has 0 saturated carbocycles. The molecule has 1 aliphatic rings. The first-order valence-corrected chi connectivity index (χ1v) is 21.8. The van der Waals surface area contributed by atoms with E-state index in [0.29, 0.717) is 82.4 Å². The van der Waals surface area contributed by atoms with Gasteiger partial charge in [0.25, 0.3) is 5.91 Å². The number of benzene rings is 2. The van der Waals surface area contributed by atoms with Crippen LogP contribution in [-0.2, 0) is 9.53 Å². The third-order valence-electron chi connectivity index (χ3n) is 9.74. The van der Waals surface area contributed by atoms with Gasteiger partial charge in [-0.05, 0) is 64.6 Å². The molecule has 0 saturated heterocycles. The molecule has 4 aromatic heterocycles. The van der Waals surface area contributed by atoms with Crippen molar-refractivity contribution in [3.8, 4) is 21.6 Å². The van der Waals surface area contributed by atoms with Gasteiger partial charge in [-0.3, -0.25) is 19.1 Å². The number of rotatable bonds is 16. The summed E-state index contributed by atoms with van der Waals surface area (Å²) in [5, 5.41) is 19.6. The highest BCUT2D eigenvalue weighted by molar-refractivity contribution is 7.15. The summed E-state index contributed by atoms with van der Waals surface area (Å²) in [4.78, 5) is 47.7. The lowest BCUT2D eigenvalue weighted by molar-refractivity contribution is -0.121. The van der Waals surface area contributed by atoms with Crippen molar-refractivity contribution in [2.45, 2.75) is 40.2 Å². The number of aromatic nitrogens is 6. The van der Waals surface area contributed by atoms with E-state index in [1.165, 1.54) is 22.4 Å². The number of ether oxygens (including phenoxy) is 2. The van der Waals surface area contributed by atoms with E-state index in [4.69, 9.17) is 49.3 Å². The molecule has 2 aromatic carbocycles. The van der Waals surface area contributed by atoms with Crippen molar-refractivity contribution in [2.75, 3.05) is 51.8 Å². The number of likely N-dealkylation sites (N-methyl/N-ethyl adjacent to an activating group) is 1. The molecule has 0 fully saturated rings. The van der Waals surface area contributed by atoms with Gasteiger partial charge in [0, 0.05) is 57.8 Å². The predicted molar refractivity (Wildman–Crippen MR) is 237 cm³/mol. The second-order valence-corrected chi connectivity index (χ2v) is 17.3. The smallest absolute Gasteiger partial charge is 0.316 e. The molecule has 7 rings (SSSR count). The molecule has 19 heteroatoms. The van der Waals surface area contributed by atoms with E-state index in [2.05, 4.69) is 54.5 Å². The Balaban J connectivity index is 0.833. The summed E-state index contributed by atoms with van der Waals surface area (Å²) < 4.78 is 13.6. The molecule has 60 heavy (non-hydrogen) atoms. The Hall–Kier alpha value is -4.81. The number of hydrogen-bond donors (Lipinski definition) is 2. The maximum atomic E-state index is 13.3. The van der Waals surface area contributed by atoms with Crippen LogP contribution in [0.2, 0.25) is 15.1 Å². The number of carbonyl (C=O) groups excluding carboxylic acids is 2. The van der Waals surface area contributed by atoms with Crippen LogP contribution in [0.5, 0.6) is 6.01 Å². The van der Waals surface area contributed by atoms with Gasteiger partial charge in [0.2, 0.25) is 5.91 Å². The number of thiophene rings is 1. The Morgan fingerprint density at radius 3 is 2.47 bits per heavy atom. The van der Waals surface area contributed by atoms with Crippen LogP contribution in [0.15, 0.2) is 59.0 Å². The standard InChI is InChI=1S/C41H41Cl3N10O4S2/c1-22-24(3)60-40-35(22)36(26-6-9-28(42)10-7-26)48-32(37-52-51-25(4)54(37)40)19-34(55)45-12-15-57-16-13-53(5)14-17-58-41-46-20-29(23(2)47-41)38(56)49-33-21-59-39(50-33)27-8-11-30(43)31(44)18-27/h6-11,18,20-21,32H,12-17,19H2,1-5H3,(H,45,55)(H,49,56)/t32-/m0/s1. The summed E-state index contributed by atoms with van der Waals surface area (Å²) in [6, 6.07) is 12.5. The molecule has 2 N–H and O–H groups in total. The highest BCUT2D eigenvalue weighted by atomic mass is 35.5. The lowest BCUT2D eigenvalue weighted by Crippen LogP contribution is -2.31. The van der Waals surface area contributed by atoms with E-state index >= 15 is 0 Å². The topological polar surface area (TPSA) is 162 Å². The number of nitrogens with one attached hydrogen (secondary N) is 2. The van der Waals surface area contributed by atoms with E-state index in [-0.39, 0.29) is 24.2 Å². The largest absolute Gasteiger partial charge is 0.462 e. The first kappa shape index (κ1) is 43.3. The van der Waals surface area contributed by atoms with Crippen LogP contribution < -0.4 is 15.4 Å². The van der Waals surface area contributed by atoms with Crippen molar-refractivity contribution in [3.63, 3.8) is 0 Å². The monoisotopic (exact) mass is 906 g/mol. The molecule has 0 unspecified atom stereocenters. The maximum absolute atomic E-state index is 13.3. The number of hydrogen-bond acceptors (Lipinski definition) is 13. The molecule has 1 aliphatic heterocycles. The third kappa shape index (κ3) is 10.0. The SMILES string of the molecule is Cc1nc(OCCN(C)CCOCCNC(=O)C[C@@H]2N=C(c3ccc(Cl)cc3)c3c(sc(C)c3C)-n3c(C)nnc32)ncc1C(=O)Nc1csc(-c2ccc(Cl)c(Cl)c2)n1. The maximum Gasteiger partial charge on any atom is 0.316 e. The highest BCUT2D eigenvalue weighted by Crippen LogP contribution is 2.40. The van der Waals surface area contributed by atoms with Gasteiger partial charge < -0.3 is 25.0 Å². The number of anilines is 1. The number of nitrogens with zero attached hydrogens (tertiary/aromatic N) is 8. The molecule has 6 aromatic rings. The van der Waals surface area contributed by atoms with Crippen molar-refractivity contribution in [1.29, 1.82) is 0 Å². The van der Waals surface area contributed by atoms with Gasteiger partial charge in [0.1, 0.15) is 34.3 Å². The average Bonchev–Trinajstić information content (AvgIpc) is 3.90. The molecule has 2 amide bonds. The Labute approximate surface area is 370 Å². The molecule has 5 heterocycles. The van der Waals surface area contributed by atoms with Gasteiger partial charge in [-0.15, -0.1) is 32.9 Å². The minimum atomic E-state index is -0.551. The summed E-state index contributed by atoms with van der Waals surface area (Å²) in [5.41, 5.74) is 5.43. The van der Waals surface area contributed by atoms with E-state index in [9.17, 15) is 9.59 Å². The number of amides is 2. The Kier molecular flexibility index (Phi) is 13.9. The predicted octanol–water partition coefficient (Wildman–Crippen LogP) is 8.11. The average molecular weight is 908 g/mol. The first-order valence-electron chi connectivity index (χ1n) is 18.9. The summed E-state index contributed by atoms with van der Waals surface area (Å²) in [6.07, 6.45) is 1.53. The van der Waals surface area contributed by atoms with Gasteiger partial charge >= 0.3 is 6.01 Å². The number of aliphatic imine (C=N–C) groups is 1. The van der Waals surface area contributed by atoms with Gasteiger partial charge in [-0.1, -0.05) is 53.0 Å². The second kappa shape index (κ2) is 19.3. The molecule has 312 valence electrons. The summed E-state index contributed by atoms with van der Waals surface area (Å²) in [6.45, 7) is 10.5. The minimum Gasteiger partial charge on any atom is -0.462 e. The van der Waals surface area contributed by atoms with Crippen LogP contribution in [0.1, 0.15) is 61.7 Å². The van der Waals surface area contributed by atoms with Crippen LogP contribution in [0.3, 0.4) is 0 Å². The van der Waals surface area contributed by atoms with Crippen molar-refractivity contribution in [2.24, 2.45) is 4.99 Å². The van der Waals surface area contributed by atoms with E-state index in [1.54, 1.807) is 35.8 Å². The number of fused-ring (bicyclic) bond motifs is 3. The Morgan fingerprint density at radius 1 is 0.933 bits per heavy atom. The Morgan fingerprint density at radius 2 is 1.70 bits per heavy atom. The number of aryl methyl sites for hydroxylation is 3. The van der Waals surface area contributed by atoms with Gasteiger partial charge in [-0.2, -0.15) is 4.98 Å². The zero-order chi connectivity index (χ0) is 42.5. The molecule has 0 radical (unpaired) electrons. The molecule has 0 aliphatic carbocycles. The van der Waals surface area contributed by atoms with Gasteiger partial charge in [0.15, 0.2) is 5.82 Å². The van der Waals surface area contributed by atoms with Crippen LogP contribution in [0, 0.1) is 27.7 Å². The molecule has 0 bridgehead atoms. The number of carbonyl (C=O) groups is 2. The van der Waals surface area contributed by atoms with Crippen molar-refractivity contribution in [3.05, 3.63) is 114 Å². The fourth-order valence-corrected chi connectivity index (χ4v) is 8.77. The lowest BCUT2D eigenvalue weighted by atomic mass is 9.99. The minimum absolute atomic E-state index is 0.0969. The van der Waals surface area contributed by atoms with Crippen LogP contribution in [0.4, 0.5) is 5.82 Å². The molecule has 0 spiro atoms. The zero-order valence-corrected chi connectivity index (χ0v) is 37.3. The lowest BCUT2D eigenvalue weighted by Gasteiger charge is -2.17. The number of halogens is 3. The Bertz CT molecular complexity index is 2560. The summed E-state index contributed by atoms with van der Waals surface area (Å²) in [7, 11) is 1.95. The molecule has 1 atom stereocenters. The van der Waals surface area contributed by atoms with Gasteiger partial charge in [0.05, 0.1) is 46.6 Å². The quantitative estimate of drug-likeness (QED) is 0.0908. The summed E-state index contributed by atoms with van der Waals surface area (Å²) >= 11 is 21.4. The fraction of sp³-hybridized carbons (Fsp3) is 0.317. The zero-order valence-electron chi connectivity index (χ0n) is 33.4. The van der Waals surface area contributed by atoms with Gasteiger partial charge in [-0.25, -0.2) is 9.97 Å². The molecule has 14 nitrogen and oxygen atoms in total. The fourth-order valence-electron chi connectivity index (χ4n) is 6.38.